The smallest absolute Gasteiger partial charge is 0.109 e. The van der Waals surface area contributed by atoms with Crippen LogP contribution in [0.4, 0.5) is 10.1 Å². The minimum Gasteiger partial charge on any atom is -0.399 e. The second kappa shape index (κ2) is 3.34. The Morgan fingerprint density at radius 2 is 1.82 bits per heavy atom. The summed E-state index contributed by atoms with van der Waals surface area (Å²) in [5.41, 5.74) is 12.3. The summed E-state index contributed by atoms with van der Waals surface area (Å²) < 4.78 is 12.0. The maximum absolute atomic E-state index is 12.0. The van der Waals surface area contributed by atoms with Crippen LogP contribution in [-0.2, 0) is 0 Å². The average molecular weight is 154 g/mol. The summed E-state index contributed by atoms with van der Waals surface area (Å²) in [6.45, 7) is -0.538. The van der Waals surface area contributed by atoms with E-state index < -0.39 is 12.7 Å². The first-order chi connectivity index (χ1) is 5.24. The average Bonchev–Trinajstić information content (AvgIpc) is 2.05. The van der Waals surface area contributed by atoms with Crippen LogP contribution in [0, 0.1) is 0 Å². The number of nitrogen functional groups attached to an aromatic ring is 1. The summed E-state index contributed by atoms with van der Waals surface area (Å²) in [6, 6.07) is 6.38. The van der Waals surface area contributed by atoms with Crippen molar-refractivity contribution in [3.05, 3.63) is 29.8 Å². The largest absolute Gasteiger partial charge is 0.399 e. The number of hydrogen-bond acceptors (Lipinski definition) is 2. The third-order valence-corrected chi connectivity index (χ3v) is 1.53. The molecule has 0 aliphatic heterocycles. The molecule has 0 spiro atoms. The van der Waals surface area contributed by atoms with Gasteiger partial charge in [0, 0.05) is 5.69 Å². The van der Waals surface area contributed by atoms with E-state index in [1.807, 2.05) is 0 Å². The zero-order valence-electron chi connectivity index (χ0n) is 6.13. The Hall–Kier alpha value is -1.09. The first-order valence-electron chi connectivity index (χ1n) is 3.41. The molecule has 0 unspecified atom stereocenters. The van der Waals surface area contributed by atoms with Gasteiger partial charge in [-0.05, 0) is 17.7 Å². The van der Waals surface area contributed by atoms with Gasteiger partial charge < -0.3 is 11.5 Å². The molecule has 0 saturated heterocycles. The highest BCUT2D eigenvalue weighted by Gasteiger charge is 2.02. The predicted octanol–water partition coefficient (Wildman–Crippen LogP) is 1.24. The van der Waals surface area contributed by atoms with E-state index in [4.69, 9.17) is 11.5 Å². The Morgan fingerprint density at radius 3 is 2.27 bits per heavy atom. The minimum atomic E-state index is -0.538. The molecule has 11 heavy (non-hydrogen) atoms. The van der Waals surface area contributed by atoms with Gasteiger partial charge in [-0.15, -0.1) is 0 Å². The second-order valence-corrected chi connectivity index (χ2v) is 2.43. The number of benzene rings is 1. The fourth-order valence-electron chi connectivity index (χ4n) is 0.832. The van der Waals surface area contributed by atoms with Crippen molar-refractivity contribution in [3.8, 4) is 0 Å². The van der Waals surface area contributed by atoms with Gasteiger partial charge in [-0.1, -0.05) is 12.1 Å². The van der Waals surface area contributed by atoms with Gasteiger partial charge in [-0.3, -0.25) is 0 Å². The van der Waals surface area contributed by atoms with E-state index in [2.05, 4.69) is 0 Å². The molecule has 0 saturated carbocycles. The van der Waals surface area contributed by atoms with E-state index in [1.165, 1.54) is 0 Å². The van der Waals surface area contributed by atoms with Crippen molar-refractivity contribution in [1.82, 2.24) is 0 Å². The monoisotopic (exact) mass is 154 g/mol. The standard InChI is InChI=1S/C8H11FN2/c9-5-8(11)6-1-3-7(10)4-2-6/h1-4,8H,5,10-11H2/t8-/m1/s1. The van der Waals surface area contributed by atoms with Gasteiger partial charge in [0.1, 0.15) is 6.67 Å². The van der Waals surface area contributed by atoms with Gasteiger partial charge in [-0.25, -0.2) is 4.39 Å². The molecule has 3 heteroatoms. The number of hydrogen-bond donors (Lipinski definition) is 2. The van der Waals surface area contributed by atoms with Crippen molar-refractivity contribution in [2.24, 2.45) is 5.73 Å². The number of nitrogens with two attached hydrogens (primary N) is 2. The predicted molar refractivity (Wildman–Crippen MR) is 43.8 cm³/mol. The Balaban J connectivity index is 2.81. The van der Waals surface area contributed by atoms with Crippen LogP contribution in [0.5, 0.6) is 0 Å². The molecule has 0 bridgehead atoms. The number of rotatable bonds is 2. The third-order valence-electron chi connectivity index (χ3n) is 1.53. The van der Waals surface area contributed by atoms with Crippen LogP contribution in [0.15, 0.2) is 24.3 Å². The molecule has 1 aromatic carbocycles. The molecule has 0 radical (unpaired) electrons. The number of halogens is 1. The van der Waals surface area contributed by atoms with Gasteiger partial charge in [0.25, 0.3) is 0 Å². The topological polar surface area (TPSA) is 52.0 Å². The van der Waals surface area contributed by atoms with Crippen molar-refractivity contribution in [2.45, 2.75) is 6.04 Å². The molecule has 0 amide bonds. The van der Waals surface area contributed by atoms with Gasteiger partial charge in [-0.2, -0.15) is 0 Å². The van der Waals surface area contributed by atoms with Gasteiger partial charge in [0.2, 0.25) is 0 Å². The SMILES string of the molecule is Nc1ccc([C@H](N)CF)cc1. The molecule has 1 rings (SSSR count). The van der Waals surface area contributed by atoms with E-state index >= 15 is 0 Å². The summed E-state index contributed by atoms with van der Waals surface area (Å²) >= 11 is 0. The van der Waals surface area contributed by atoms with Crippen LogP contribution in [0.25, 0.3) is 0 Å². The summed E-state index contributed by atoms with van der Waals surface area (Å²) in [7, 11) is 0. The molecule has 0 aliphatic rings. The molecule has 1 aromatic rings. The van der Waals surface area contributed by atoms with Gasteiger partial charge in [0.05, 0.1) is 6.04 Å². The highest BCUT2D eigenvalue weighted by Crippen LogP contribution is 2.12. The van der Waals surface area contributed by atoms with E-state index in [0.29, 0.717) is 5.69 Å². The van der Waals surface area contributed by atoms with Crippen LogP contribution in [0.1, 0.15) is 11.6 Å². The molecule has 0 aromatic heterocycles. The van der Waals surface area contributed by atoms with Crippen LogP contribution in [0.2, 0.25) is 0 Å². The van der Waals surface area contributed by atoms with E-state index in [-0.39, 0.29) is 0 Å². The molecular formula is C8H11FN2. The Bertz CT molecular complexity index is 220. The molecule has 60 valence electrons. The Morgan fingerprint density at radius 1 is 1.27 bits per heavy atom. The normalized spacial score (nSPS) is 12.9. The zero-order valence-corrected chi connectivity index (χ0v) is 6.13. The van der Waals surface area contributed by atoms with E-state index in [1.54, 1.807) is 24.3 Å². The summed E-state index contributed by atoms with van der Waals surface area (Å²) in [6.07, 6.45) is 0. The van der Waals surface area contributed by atoms with Crippen molar-refractivity contribution < 1.29 is 4.39 Å². The maximum atomic E-state index is 12.0. The van der Waals surface area contributed by atoms with Gasteiger partial charge >= 0.3 is 0 Å². The quantitative estimate of drug-likeness (QED) is 0.629. The molecule has 4 N–H and O–H groups in total. The highest BCUT2D eigenvalue weighted by atomic mass is 19.1. The summed E-state index contributed by atoms with van der Waals surface area (Å²) in [5.74, 6) is 0. The summed E-state index contributed by atoms with van der Waals surface area (Å²) in [5, 5.41) is 0. The molecular weight excluding hydrogens is 143 g/mol. The van der Waals surface area contributed by atoms with Crippen LogP contribution >= 0.6 is 0 Å². The van der Waals surface area contributed by atoms with Crippen molar-refractivity contribution in [2.75, 3.05) is 12.4 Å². The molecule has 0 heterocycles. The molecule has 0 fully saturated rings. The van der Waals surface area contributed by atoms with Crippen LogP contribution < -0.4 is 11.5 Å². The van der Waals surface area contributed by atoms with E-state index in [9.17, 15) is 4.39 Å². The van der Waals surface area contributed by atoms with Crippen molar-refractivity contribution in [3.63, 3.8) is 0 Å². The molecule has 0 aliphatic carbocycles. The fourth-order valence-corrected chi connectivity index (χ4v) is 0.832. The first kappa shape index (κ1) is 8.01. The lowest BCUT2D eigenvalue weighted by Gasteiger charge is -2.06. The number of anilines is 1. The first-order valence-corrected chi connectivity index (χ1v) is 3.41. The maximum Gasteiger partial charge on any atom is 0.109 e. The lowest BCUT2D eigenvalue weighted by atomic mass is 10.1. The summed E-state index contributed by atoms with van der Waals surface area (Å²) in [4.78, 5) is 0. The highest BCUT2D eigenvalue weighted by molar-refractivity contribution is 5.40. The minimum absolute atomic E-state index is 0.518. The van der Waals surface area contributed by atoms with Crippen LogP contribution in [0.3, 0.4) is 0 Å². The van der Waals surface area contributed by atoms with Crippen molar-refractivity contribution >= 4 is 5.69 Å². The Labute approximate surface area is 65.0 Å². The Kier molecular flexibility index (Phi) is 2.44. The lowest BCUT2D eigenvalue weighted by Crippen LogP contribution is -2.11. The molecule has 1 atom stereocenters. The number of alkyl halides is 1. The van der Waals surface area contributed by atoms with E-state index in [0.717, 1.165) is 5.56 Å². The van der Waals surface area contributed by atoms with Crippen LogP contribution in [-0.4, -0.2) is 6.67 Å². The zero-order chi connectivity index (χ0) is 8.27. The second-order valence-electron chi connectivity index (χ2n) is 2.43. The fraction of sp³-hybridized carbons (Fsp3) is 0.250. The third kappa shape index (κ3) is 1.91. The molecule has 2 nitrogen and oxygen atoms in total. The van der Waals surface area contributed by atoms with Crippen molar-refractivity contribution in [1.29, 1.82) is 0 Å². The lowest BCUT2D eigenvalue weighted by molar-refractivity contribution is 0.437. The van der Waals surface area contributed by atoms with Gasteiger partial charge in [0.15, 0.2) is 0 Å².